The van der Waals surface area contributed by atoms with Gasteiger partial charge in [-0.25, -0.2) is 4.79 Å². The Morgan fingerprint density at radius 1 is 1.38 bits per heavy atom. The monoisotopic (exact) mass is 283 g/mol. The first-order valence-corrected chi connectivity index (χ1v) is 6.23. The fourth-order valence-electron chi connectivity index (χ4n) is 1.93. The number of rotatable bonds is 2. The third-order valence-corrected chi connectivity index (χ3v) is 3.71. The van der Waals surface area contributed by atoms with Crippen molar-refractivity contribution in [3.63, 3.8) is 0 Å². The summed E-state index contributed by atoms with van der Waals surface area (Å²) in [7, 11) is 0. The Balaban J connectivity index is 2.11. The molecular weight excluding hydrogens is 270 g/mol. The predicted molar refractivity (Wildman–Crippen MR) is 66.2 cm³/mol. The van der Waals surface area contributed by atoms with Gasteiger partial charge in [-0.3, -0.25) is 0 Å². The lowest BCUT2D eigenvalue weighted by Crippen LogP contribution is -2.15. The van der Waals surface area contributed by atoms with Crippen LogP contribution in [-0.2, 0) is 4.74 Å². The van der Waals surface area contributed by atoms with E-state index in [1.54, 1.807) is 18.2 Å². The lowest BCUT2D eigenvalue weighted by atomic mass is 10.2. The highest BCUT2D eigenvalue weighted by molar-refractivity contribution is 9.10. The van der Waals surface area contributed by atoms with E-state index in [0.29, 0.717) is 15.7 Å². The lowest BCUT2D eigenvalue weighted by molar-refractivity contribution is 0.0317. The quantitative estimate of drug-likeness (QED) is 0.670. The van der Waals surface area contributed by atoms with Crippen LogP contribution in [-0.4, -0.2) is 12.1 Å². The van der Waals surface area contributed by atoms with Gasteiger partial charge in [-0.05, 0) is 53.7 Å². The zero-order valence-corrected chi connectivity index (χ0v) is 10.5. The Bertz CT molecular complexity index is 400. The molecule has 1 aromatic carbocycles. The second-order valence-electron chi connectivity index (χ2n) is 4.02. The standard InChI is InChI=1S/C12H14BrNO2/c13-11-9(6-3-7-10(11)14)12(15)16-8-4-1-2-5-8/h3,6-8H,1-2,4-5,14H2. The molecule has 0 aromatic heterocycles. The molecule has 16 heavy (non-hydrogen) atoms. The Morgan fingerprint density at radius 2 is 2.06 bits per heavy atom. The summed E-state index contributed by atoms with van der Waals surface area (Å²) in [6.07, 6.45) is 4.34. The molecule has 1 aromatic rings. The van der Waals surface area contributed by atoms with Crippen molar-refractivity contribution >= 4 is 27.6 Å². The molecule has 0 unspecified atom stereocenters. The van der Waals surface area contributed by atoms with Gasteiger partial charge >= 0.3 is 5.97 Å². The molecule has 2 rings (SSSR count). The first kappa shape index (κ1) is 11.5. The second-order valence-corrected chi connectivity index (χ2v) is 4.81. The zero-order chi connectivity index (χ0) is 11.5. The van der Waals surface area contributed by atoms with E-state index in [0.717, 1.165) is 25.7 Å². The first-order chi connectivity index (χ1) is 7.68. The molecular formula is C12H14BrNO2. The molecule has 4 heteroatoms. The van der Waals surface area contributed by atoms with Crippen LogP contribution in [0.1, 0.15) is 36.0 Å². The number of benzene rings is 1. The normalized spacial score (nSPS) is 16.3. The molecule has 0 radical (unpaired) electrons. The van der Waals surface area contributed by atoms with Crippen LogP contribution in [0.25, 0.3) is 0 Å². The van der Waals surface area contributed by atoms with Crippen molar-refractivity contribution < 1.29 is 9.53 Å². The number of ether oxygens (including phenoxy) is 1. The number of nitrogen functional groups attached to an aromatic ring is 1. The fourth-order valence-corrected chi connectivity index (χ4v) is 2.35. The summed E-state index contributed by atoms with van der Waals surface area (Å²) < 4.78 is 6.03. The summed E-state index contributed by atoms with van der Waals surface area (Å²) in [6, 6.07) is 5.22. The molecule has 86 valence electrons. The van der Waals surface area contributed by atoms with Gasteiger partial charge < -0.3 is 10.5 Å². The minimum absolute atomic E-state index is 0.0841. The van der Waals surface area contributed by atoms with Gasteiger partial charge in [-0.15, -0.1) is 0 Å². The van der Waals surface area contributed by atoms with Crippen LogP contribution >= 0.6 is 15.9 Å². The van der Waals surface area contributed by atoms with Crippen LogP contribution in [0.4, 0.5) is 5.69 Å². The maximum absolute atomic E-state index is 11.9. The van der Waals surface area contributed by atoms with Crippen molar-refractivity contribution in [2.45, 2.75) is 31.8 Å². The van der Waals surface area contributed by atoms with Crippen molar-refractivity contribution in [1.29, 1.82) is 0 Å². The highest BCUT2D eigenvalue weighted by atomic mass is 79.9. The van der Waals surface area contributed by atoms with E-state index >= 15 is 0 Å². The van der Waals surface area contributed by atoms with E-state index in [9.17, 15) is 4.79 Å². The SMILES string of the molecule is Nc1cccc(C(=O)OC2CCCC2)c1Br. The van der Waals surface area contributed by atoms with Crippen LogP contribution in [0.2, 0.25) is 0 Å². The maximum atomic E-state index is 11.9. The molecule has 0 aliphatic heterocycles. The minimum atomic E-state index is -0.286. The van der Waals surface area contributed by atoms with Gasteiger partial charge in [0.05, 0.1) is 10.0 Å². The number of carbonyl (C=O) groups is 1. The molecule has 0 saturated heterocycles. The molecule has 0 bridgehead atoms. The number of hydrogen-bond donors (Lipinski definition) is 1. The molecule has 0 spiro atoms. The van der Waals surface area contributed by atoms with E-state index < -0.39 is 0 Å². The topological polar surface area (TPSA) is 52.3 Å². The van der Waals surface area contributed by atoms with Crippen LogP contribution in [0.15, 0.2) is 22.7 Å². The van der Waals surface area contributed by atoms with Crippen LogP contribution in [0, 0.1) is 0 Å². The Labute approximate surface area is 103 Å². The predicted octanol–water partition coefficient (Wildman–Crippen LogP) is 3.13. The fraction of sp³-hybridized carbons (Fsp3) is 0.417. The number of carbonyl (C=O) groups excluding carboxylic acids is 1. The third-order valence-electron chi connectivity index (χ3n) is 2.82. The smallest absolute Gasteiger partial charge is 0.339 e. The van der Waals surface area contributed by atoms with E-state index in [1.807, 2.05) is 0 Å². The number of nitrogens with two attached hydrogens (primary N) is 1. The van der Waals surface area contributed by atoms with Crippen LogP contribution in [0.3, 0.4) is 0 Å². The first-order valence-electron chi connectivity index (χ1n) is 5.43. The molecule has 3 nitrogen and oxygen atoms in total. The molecule has 0 amide bonds. The highest BCUT2D eigenvalue weighted by Gasteiger charge is 2.21. The van der Waals surface area contributed by atoms with Gasteiger partial charge in [-0.2, -0.15) is 0 Å². The van der Waals surface area contributed by atoms with Gasteiger partial charge in [0, 0.05) is 5.69 Å². The molecule has 1 saturated carbocycles. The van der Waals surface area contributed by atoms with Gasteiger partial charge in [0.2, 0.25) is 0 Å². The number of anilines is 1. The van der Waals surface area contributed by atoms with E-state index in [-0.39, 0.29) is 12.1 Å². The third kappa shape index (κ3) is 2.38. The number of esters is 1. The molecule has 1 fully saturated rings. The van der Waals surface area contributed by atoms with Crippen molar-refractivity contribution in [3.05, 3.63) is 28.2 Å². The number of halogens is 1. The van der Waals surface area contributed by atoms with E-state index in [1.165, 1.54) is 0 Å². The van der Waals surface area contributed by atoms with Gasteiger partial charge in [0.25, 0.3) is 0 Å². The second kappa shape index (κ2) is 4.87. The average Bonchev–Trinajstić information content (AvgIpc) is 2.74. The van der Waals surface area contributed by atoms with E-state index in [2.05, 4.69) is 15.9 Å². The minimum Gasteiger partial charge on any atom is -0.459 e. The average molecular weight is 284 g/mol. The summed E-state index contributed by atoms with van der Waals surface area (Å²) in [5.74, 6) is -0.286. The summed E-state index contributed by atoms with van der Waals surface area (Å²) in [4.78, 5) is 11.9. The molecule has 0 atom stereocenters. The summed E-state index contributed by atoms with van der Waals surface area (Å²) >= 11 is 3.30. The lowest BCUT2D eigenvalue weighted by Gasteiger charge is -2.12. The Kier molecular flexibility index (Phi) is 3.49. The van der Waals surface area contributed by atoms with Gasteiger partial charge in [0.1, 0.15) is 6.10 Å². The molecule has 1 aliphatic carbocycles. The summed E-state index contributed by atoms with van der Waals surface area (Å²) in [6.45, 7) is 0. The van der Waals surface area contributed by atoms with Crippen molar-refractivity contribution in [2.24, 2.45) is 0 Å². The van der Waals surface area contributed by atoms with Crippen molar-refractivity contribution in [3.8, 4) is 0 Å². The van der Waals surface area contributed by atoms with Gasteiger partial charge in [0.15, 0.2) is 0 Å². The van der Waals surface area contributed by atoms with Crippen molar-refractivity contribution in [2.75, 3.05) is 5.73 Å². The number of hydrogen-bond acceptors (Lipinski definition) is 3. The maximum Gasteiger partial charge on any atom is 0.339 e. The molecule has 2 N–H and O–H groups in total. The van der Waals surface area contributed by atoms with Gasteiger partial charge in [-0.1, -0.05) is 6.07 Å². The van der Waals surface area contributed by atoms with Crippen LogP contribution in [0.5, 0.6) is 0 Å². The van der Waals surface area contributed by atoms with Crippen molar-refractivity contribution in [1.82, 2.24) is 0 Å². The van der Waals surface area contributed by atoms with E-state index in [4.69, 9.17) is 10.5 Å². The van der Waals surface area contributed by atoms with Crippen LogP contribution < -0.4 is 5.73 Å². The Hall–Kier alpha value is -1.03. The molecule has 0 heterocycles. The highest BCUT2D eigenvalue weighted by Crippen LogP contribution is 2.27. The largest absolute Gasteiger partial charge is 0.459 e. The summed E-state index contributed by atoms with van der Waals surface area (Å²) in [5, 5.41) is 0. The zero-order valence-electron chi connectivity index (χ0n) is 8.91. The summed E-state index contributed by atoms with van der Waals surface area (Å²) in [5.41, 5.74) is 6.77. The Morgan fingerprint density at radius 3 is 2.75 bits per heavy atom. The molecule has 1 aliphatic rings.